The van der Waals surface area contributed by atoms with Crippen LogP contribution < -0.4 is 5.32 Å². The molecule has 14 heteroatoms. The molecule has 0 aliphatic carbocycles. The molecule has 4 atom stereocenters. The number of nitrogens with zero attached hydrogens (tertiary/aromatic N) is 3. The number of nitrogens with one attached hydrogen (secondary N) is 1. The van der Waals surface area contributed by atoms with E-state index >= 15 is 0 Å². The summed E-state index contributed by atoms with van der Waals surface area (Å²) >= 11 is 0. The van der Waals surface area contributed by atoms with Gasteiger partial charge < -0.3 is 29.5 Å². The van der Waals surface area contributed by atoms with E-state index in [0.29, 0.717) is 23.6 Å². The number of halogens is 5. The maximum absolute atomic E-state index is 13.2. The van der Waals surface area contributed by atoms with E-state index < -0.39 is 47.3 Å². The van der Waals surface area contributed by atoms with E-state index in [0.717, 1.165) is 17.7 Å². The van der Waals surface area contributed by atoms with E-state index in [9.17, 15) is 36.3 Å². The number of hydrogen-bond acceptors (Lipinski definition) is 6. The first-order valence-corrected chi connectivity index (χ1v) is 15.7. The number of piperazine rings is 2. The molecule has 4 unspecified atom stereocenters. The van der Waals surface area contributed by atoms with Crippen LogP contribution in [0.2, 0.25) is 0 Å². The van der Waals surface area contributed by atoms with Crippen LogP contribution in [0.5, 0.6) is 0 Å². The lowest BCUT2D eigenvalue weighted by molar-refractivity contribution is -0.191. The number of carbonyl (C=O) groups excluding carboxylic acids is 3. The van der Waals surface area contributed by atoms with Crippen molar-refractivity contribution in [3.05, 3.63) is 71.3 Å². The minimum atomic E-state index is -5.05. The van der Waals surface area contributed by atoms with E-state index in [1.165, 1.54) is 29.2 Å². The highest BCUT2D eigenvalue weighted by Crippen LogP contribution is 2.33. The first-order chi connectivity index (χ1) is 22.1. The summed E-state index contributed by atoms with van der Waals surface area (Å²) in [6.45, 7) is 14.8. The Labute approximate surface area is 278 Å². The molecule has 1 N–H and O–H groups in total. The van der Waals surface area contributed by atoms with E-state index in [2.05, 4.69) is 5.32 Å². The zero-order valence-corrected chi connectivity index (χ0v) is 28.5. The minimum Gasteiger partial charge on any atom is -0.444 e. The zero-order valence-electron chi connectivity index (χ0n) is 28.5. The van der Waals surface area contributed by atoms with Gasteiger partial charge in [0.05, 0.1) is 12.1 Å². The summed E-state index contributed by atoms with van der Waals surface area (Å²) in [5.74, 6) is -2.81. The molecular formula is C34H45F5N4O5. The van der Waals surface area contributed by atoms with E-state index in [1.54, 1.807) is 44.7 Å². The molecule has 2 fully saturated rings. The van der Waals surface area contributed by atoms with Crippen molar-refractivity contribution in [2.75, 3.05) is 26.2 Å². The molecule has 2 aliphatic heterocycles. The molecule has 2 aromatic rings. The van der Waals surface area contributed by atoms with Gasteiger partial charge in [0.1, 0.15) is 22.8 Å². The standard InChI is InChI=1S/C18H22F4N2O3.C16H23FN2O2/c1-11-9-24(15(25)18(20,21)22)14(12-5-7-13(19)8-6-12)10-23(11)16(26)27-17(2,3)4;1-11-9-18-14(12-5-7-13(17)8-6-12)10-19(11)15(20)21-16(2,3)4/h5-8,11,14H,9-10H2,1-4H3;5-8,11,14,18H,9-10H2,1-4H3. The predicted molar refractivity (Wildman–Crippen MR) is 169 cm³/mol. The van der Waals surface area contributed by atoms with Crippen LogP contribution in [0.3, 0.4) is 0 Å². The van der Waals surface area contributed by atoms with Crippen molar-refractivity contribution in [1.29, 1.82) is 0 Å². The van der Waals surface area contributed by atoms with Gasteiger partial charge in [0, 0.05) is 38.3 Å². The Morgan fingerprint density at radius 1 is 0.667 bits per heavy atom. The largest absolute Gasteiger partial charge is 0.471 e. The van der Waals surface area contributed by atoms with Crippen LogP contribution in [0.15, 0.2) is 48.5 Å². The van der Waals surface area contributed by atoms with Gasteiger partial charge in [0.25, 0.3) is 0 Å². The first-order valence-electron chi connectivity index (χ1n) is 15.7. The topological polar surface area (TPSA) is 91.4 Å². The van der Waals surface area contributed by atoms with Crippen molar-refractivity contribution in [3.8, 4) is 0 Å². The van der Waals surface area contributed by atoms with E-state index in [4.69, 9.17) is 9.47 Å². The minimum absolute atomic E-state index is 0.00526. The maximum atomic E-state index is 13.2. The molecule has 266 valence electrons. The highest BCUT2D eigenvalue weighted by atomic mass is 19.4. The monoisotopic (exact) mass is 684 g/mol. The van der Waals surface area contributed by atoms with Gasteiger partial charge in [-0.05, 0) is 90.8 Å². The van der Waals surface area contributed by atoms with E-state index in [1.807, 2.05) is 27.7 Å². The summed E-state index contributed by atoms with van der Waals surface area (Å²) in [5.41, 5.74) is -0.0138. The third-order valence-corrected chi connectivity index (χ3v) is 7.60. The van der Waals surface area contributed by atoms with Gasteiger partial charge in [-0.2, -0.15) is 13.2 Å². The first kappa shape index (κ1) is 38.5. The average Bonchev–Trinajstić information content (AvgIpc) is 2.96. The molecular weight excluding hydrogens is 639 g/mol. The number of ether oxygens (including phenoxy) is 2. The number of carbonyl (C=O) groups is 3. The second-order valence-corrected chi connectivity index (χ2v) is 14.0. The number of rotatable bonds is 2. The summed E-state index contributed by atoms with van der Waals surface area (Å²) < 4.78 is 76.1. The van der Waals surface area contributed by atoms with Gasteiger partial charge in [-0.1, -0.05) is 24.3 Å². The van der Waals surface area contributed by atoms with Crippen molar-refractivity contribution in [1.82, 2.24) is 20.0 Å². The molecule has 0 spiro atoms. The van der Waals surface area contributed by atoms with Crippen molar-refractivity contribution < 1.29 is 45.8 Å². The molecule has 2 aromatic carbocycles. The fourth-order valence-corrected chi connectivity index (χ4v) is 5.27. The van der Waals surface area contributed by atoms with Gasteiger partial charge in [-0.25, -0.2) is 18.4 Å². The van der Waals surface area contributed by atoms with Crippen molar-refractivity contribution in [2.45, 2.75) is 96.9 Å². The van der Waals surface area contributed by atoms with Crippen LogP contribution >= 0.6 is 0 Å². The second-order valence-electron chi connectivity index (χ2n) is 14.0. The summed E-state index contributed by atoms with van der Waals surface area (Å²) in [6.07, 6.45) is -6.03. The Hall–Kier alpha value is -3.94. The lowest BCUT2D eigenvalue weighted by atomic mass is 9.99. The van der Waals surface area contributed by atoms with Crippen LogP contribution in [0.1, 0.15) is 78.6 Å². The molecule has 0 radical (unpaired) electrons. The van der Waals surface area contributed by atoms with Crippen molar-refractivity contribution >= 4 is 18.1 Å². The van der Waals surface area contributed by atoms with Gasteiger partial charge in [0.15, 0.2) is 0 Å². The predicted octanol–water partition coefficient (Wildman–Crippen LogP) is 6.99. The third-order valence-electron chi connectivity index (χ3n) is 7.60. The molecule has 48 heavy (non-hydrogen) atoms. The Bertz CT molecular complexity index is 1410. The Kier molecular flexibility index (Phi) is 12.1. The molecule has 0 bridgehead atoms. The zero-order chi connectivity index (χ0) is 36.2. The molecule has 4 rings (SSSR count). The quantitative estimate of drug-likeness (QED) is 0.343. The summed E-state index contributed by atoms with van der Waals surface area (Å²) in [4.78, 5) is 40.3. The smallest absolute Gasteiger partial charge is 0.444 e. The van der Waals surface area contributed by atoms with Crippen LogP contribution in [-0.4, -0.2) is 88.4 Å². The van der Waals surface area contributed by atoms with Crippen LogP contribution in [-0.2, 0) is 14.3 Å². The van der Waals surface area contributed by atoms with E-state index in [-0.39, 0.29) is 37.1 Å². The van der Waals surface area contributed by atoms with Gasteiger partial charge >= 0.3 is 24.3 Å². The number of amides is 3. The molecule has 2 aliphatic rings. The van der Waals surface area contributed by atoms with Crippen LogP contribution in [0, 0.1) is 11.6 Å². The summed E-state index contributed by atoms with van der Waals surface area (Å²) in [5, 5.41) is 3.38. The van der Waals surface area contributed by atoms with Gasteiger partial charge in [-0.3, -0.25) is 4.79 Å². The Balaban J connectivity index is 0.000000269. The third kappa shape index (κ3) is 10.8. The Morgan fingerprint density at radius 2 is 1.10 bits per heavy atom. The number of benzene rings is 2. The normalized spacial score (nSPS) is 22.0. The summed E-state index contributed by atoms with van der Waals surface area (Å²) in [6, 6.07) is 9.49. The van der Waals surface area contributed by atoms with Crippen molar-refractivity contribution in [3.63, 3.8) is 0 Å². The molecule has 3 amide bonds. The van der Waals surface area contributed by atoms with Crippen molar-refractivity contribution in [2.24, 2.45) is 0 Å². The van der Waals surface area contributed by atoms with Gasteiger partial charge in [0.2, 0.25) is 0 Å². The fourth-order valence-electron chi connectivity index (χ4n) is 5.27. The maximum Gasteiger partial charge on any atom is 0.471 e. The Morgan fingerprint density at radius 3 is 1.54 bits per heavy atom. The number of hydrogen-bond donors (Lipinski definition) is 1. The SMILES string of the molecule is CC1CN(C(=O)C(F)(F)F)C(c2ccc(F)cc2)CN1C(=O)OC(C)(C)C.CC1CNC(c2ccc(F)cc2)CN1C(=O)OC(C)(C)C. The highest BCUT2D eigenvalue weighted by Gasteiger charge is 2.48. The highest BCUT2D eigenvalue weighted by molar-refractivity contribution is 5.83. The molecule has 0 aromatic heterocycles. The molecule has 2 heterocycles. The summed E-state index contributed by atoms with van der Waals surface area (Å²) in [7, 11) is 0. The fraction of sp³-hybridized carbons (Fsp3) is 0.559. The average molecular weight is 685 g/mol. The van der Waals surface area contributed by atoms with Crippen LogP contribution in [0.4, 0.5) is 31.5 Å². The lowest BCUT2D eigenvalue weighted by Gasteiger charge is -2.45. The molecule has 2 saturated heterocycles. The second kappa shape index (κ2) is 15.1. The van der Waals surface area contributed by atoms with Gasteiger partial charge in [-0.15, -0.1) is 0 Å². The molecule has 9 nitrogen and oxygen atoms in total. The van der Waals surface area contributed by atoms with Crippen LogP contribution in [0.25, 0.3) is 0 Å². The molecule has 0 saturated carbocycles. The number of alkyl halides is 3. The lowest BCUT2D eigenvalue weighted by Crippen LogP contribution is -2.59.